The zero-order valence-corrected chi connectivity index (χ0v) is 19.3. The number of phenolic OH excluding ortho intramolecular Hbond substituents is 1. The van der Waals surface area contributed by atoms with Crippen LogP contribution in [-0.4, -0.2) is 36.2 Å². The number of halogens is 2. The Morgan fingerprint density at radius 3 is 2.36 bits per heavy atom. The number of phenols is 1. The Morgan fingerprint density at radius 1 is 0.879 bits per heavy atom. The molecule has 3 aromatic carbocycles. The van der Waals surface area contributed by atoms with Crippen molar-refractivity contribution < 1.29 is 9.52 Å². The van der Waals surface area contributed by atoms with Crippen LogP contribution in [0.4, 0.5) is 5.69 Å². The van der Waals surface area contributed by atoms with Crippen LogP contribution >= 0.6 is 23.2 Å². The number of hydrogen-bond donors (Lipinski definition) is 1. The number of anilines is 1. The quantitative estimate of drug-likeness (QED) is 0.374. The van der Waals surface area contributed by atoms with E-state index in [1.54, 1.807) is 36.4 Å². The molecule has 5 rings (SSSR count). The van der Waals surface area contributed by atoms with Crippen LogP contribution in [0.2, 0.25) is 10.0 Å². The summed E-state index contributed by atoms with van der Waals surface area (Å²) in [6.07, 6.45) is 0. The molecule has 1 saturated heterocycles. The van der Waals surface area contributed by atoms with Crippen molar-refractivity contribution in [3.05, 3.63) is 92.8 Å². The molecule has 0 unspecified atom stereocenters. The van der Waals surface area contributed by atoms with Gasteiger partial charge in [0.2, 0.25) is 0 Å². The first-order chi connectivity index (χ1) is 16.0. The van der Waals surface area contributed by atoms with Crippen LogP contribution in [0, 0.1) is 0 Å². The van der Waals surface area contributed by atoms with Gasteiger partial charge in [-0.2, -0.15) is 0 Å². The van der Waals surface area contributed by atoms with Crippen LogP contribution in [0.5, 0.6) is 5.75 Å². The third-order valence-electron chi connectivity index (χ3n) is 6.06. The normalized spacial score (nSPS) is 14.7. The second-order valence-electron chi connectivity index (χ2n) is 8.18. The minimum Gasteiger partial charge on any atom is -0.507 e. The summed E-state index contributed by atoms with van der Waals surface area (Å²) in [6.45, 7) is 3.81. The number of aromatic hydroxyl groups is 1. The number of hydrogen-bond acceptors (Lipinski definition) is 5. The number of rotatable bonds is 4. The third-order valence-corrected chi connectivity index (χ3v) is 6.55. The molecule has 4 aromatic rings. The molecular formula is C26H22Cl2N2O3. The summed E-state index contributed by atoms with van der Waals surface area (Å²) < 4.78 is 5.73. The average molecular weight is 481 g/mol. The van der Waals surface area contributed by atoms with Gasteiger partial charge in [-0.3, -0.25) is 4.90 Å². The second-order valence-corrected chi connectivity index (χ2v) is 9.05. The lowest BCUT2D eigenvalue weighted by Crippen LogP contribution is -2.46. The van der Waals surface area contributed by atoms with Crippen LogP contribution in [0.3, 0.4) is 0 Å². The molecule has 0 saturated carbocycles. The zero-order chi connectivity index (χ0) is 22.9. The van der Waals surface area contributed by atoms with Gasteiger partial charge in [0.05, 0.1) is 11.1 Å². The molecule has 0 spiro atoms. The van der Waals surface area contributed by atoms with E-state index < -0.39 is 5.63 Å². The zero-order valence-electron chi connectivity index (χ0n) is 17.8. The van der Waals surface area contributed by atoms with Crippen LogP contribution in [0.15, 0.2) is 75.9 Å². The maximum atomic E-state index is 12.8. The van der Waals surface area contributed by atoms with Gasteiger partial charge in [0.15, 0.2) is 0 Å². The molecule has 1 aliphatic heterocycles. The molecule has 0 aliphatic carbocycles. The van der Waals surface area contributed by atoms with E-state index in [9.17, 15) is 9.90 Å². The molecule has 168 valence electrons. The fourth-order valence-corrected chi connectivity index (χ4v) is 4.59. The predicted molar refractivity (Wildman–Crippen MR) is 134 cm³/mol. The van der Waals surface area contributed by atoms with Gasteiger partial charge in [0, 0.05) is 53.8 Å². The van der Waals surface area contributed by atoms with Gasteiger partial charge in [-0.05, 0) is 54.1 Å². The fourth-order valence-electron chi connectivity index (χ4n) is 4.28. The Morgan fingerprint density at radius 2 is 1.64 bits per heavy atom. The molecular weight excluding hydrogens is 459 g/mol. The monoisotopic (exact) mass is 480 g/mol. The minimum absolute atomic E-state index is 0.127. The molecule has 1 fully saturated rings. The highest BCUT2D eigenvalue weighted by molar-refractivity contribution is 6.31. The van der Waals surface area contributed by atoms with Crippen molar-refractivity contribution in [2.45, 2.75) is 6.54 Å². The van der Waals surface area contributed by atoms with Crippen molar-refractivity contribution in [2.24, 2.45) is 0 Å². The highest BCUT2D eigenvalue weighted by Gasteiger charge is 2.21. The molecule has 0 amide bonds. The molecule has 7 heteroatoms. The summed E-state index contributed by atoms with van der Waals surface area (Å²) in [4.78, 5) is 17.3. The number of fused-ring (bicyclic) bond motifs is 1. The van der Waals surface area contributed by atoms with Crippen LogP contribution in [0.1, 0.15) is 5.56 Å². The van der Waals surface area contributed by atoms with Crippen molar-refractivity contribution >= 4 is 39.9 Å². The van der Waals surface area contributed by atoms with Crippen molar-refractivity contribution in [1.29, 1.82) is 0 Å². The van der Waals surface area contributed by atoms with Gasteiger partial charge < -0.3 is 14.4 Å². The third kappa shape index (κ3) is 4.58. The molecule has 2 heterocycles. The molecule has 1 aromatic heterocycles. The lowest BCUT2D eigenvalue weighted by atomic mass is 10.0. The summed E-state index contributed by atoms with van der Waals surface area (Å²) in [5, 5.41) is 12.7. The topological polar surface area (TPSA) is 56.9 Å². The maximum absolute atomic E-state index is 12.8. The number of piperazine rings is 1. The van der Waals surface area contributed by atoms with Gasteiger partial charge in [-0.15, -0.1) is 0 Å². The molecule has 0 atom stereocenters. The Bertz CT molecular complexity index is 1360. The summed E-state index contributed by atoms with van der Waals surface area (Å²) in [5.74, 6) is 0.127. The predicted octanol–water partition coefficient (Wildman–Crippen LogP) is 5.79. The van der Waals surface area contributed by atoms with Gasteiger partial charge in [0.25, 0.3) is 0 Å². The molecule has 0 bridgehead atoms. The first-order valence-corrected chi connectivity index (χ1v) is 11.5. The highest BCUT2D eigenvalue weighted by Crippen LogP contribution is 2.31. The van der Waals surface area contributed by atoms with E-state index in [2.05, 4.69) is 15.9 Å². The Kier molecular flexibility index (Phi) is 6.02. The molecule has 5 nitrogen and oxygen atoms in total. The number of benzene rings is 3. The smallest absolute Gasteiger partial charge is 0.344 e. The standard InChI is InChI=1S/C26H22Cl2N2O3/c27-19-7-4-17(5-8-19)22-14-18-6-9-24(31)23(25(18)33-26(22)32)16-29-10-12-30(13-11-29)21-3-1-2-20(28)15-21/h1-9,14-15,31H,10-13,16H2. The summed E-state index contributed by atoms with van der Waals surface area (Å²) in [7, 11) is 0. The van der Waals surface area contributed by atoms with Crippen molar-refractivity contribution in [2.75, 3.05) is 31.1 Å². The van der Waals surface area contributed by atoms with E-state index in [-0.39, 0.29) is 5.75 Å². The first-order valence-electron chi connectivity index (χ1n) is 10.8. The van der Waals surface area contributed by atoms with Gasteiger partial charge in [-0.1, -0.05) is 41.4 Å². The van der Waals surface area contributed by atoms with Crippen molar-refractivity contribution in [3.63, 3.8) is 0 Å². The van der Waals surface area contributed by atoms with Gasteiger partial charge in [-0.25, -0.2) is 4.79 Å². The van der Waals surface area contributed by atoms with E-state index in [0.29, 0.717) is 28.3 Å². The Balaban J connectivity index is 1.39. The Hall–Kier alpha value is -2.99. The average Bonchev–Trinajstić information content (AvgIpc) is 2.82. The van der Waals surface area contributed by atoms with Crippen molar-refractivity contribution in [1.82, 2.24) is 4.90 Å². The van der Waals surface area contributed by atoms with E-state index in [0.717, 1.165) is 47.8 Å². The lowest BCUT2D eigenvalue weighted by molar-refractivity contribution is 0.246. The van der Waals surface area contributed by atoms with E-state index in [1.807, 2.05) is 24.3 Å². The maximum Gasteiger partial charge on any atom is 0.344 e. The number of nitrogens with zero attached hydrogens (tertiary/aromatic N) is 2. The van der Waals surface area contributed by atoms with Gasteiger partial charge >= 0.3 is 5.63 Å². The highest BCUT2D eigenvalue weighted by atomic mass is 35.5. The van der Waals surface area contributed by atoms with Crippen LogP contribution in [0.25, 0.3) is 22.1 Å². The van der Waals surface area contributed by atoms with E-state index in [1.165, 1.54) is 0 Å². The lowest BCUT2D eigenvalue weighted by Gasteiger charge is -2.36. The summed E-state index contributed by atoms with van der Waals surface area (Å²) in [5.41, 5.74) is 2.92. The molecule has 1 aliphatic rings. The Labute approximate surface area is 201 Å². The molecule has 1 N–H and O–H groups in total. The molecule has 33 heavy (non-hydrogen) atoms. The van der Waals surface area contributed by atoms with Crippen LogP contribution in [-0.2, 0) is 6.54 Å². The fraction of sp³-hybridized carbons (Fsp3) is 0.192. The van der Waals surface area contributed by atoms with E-state index in [4.69, 9.17) is 27.6 Å². The SMILES string of the molecule is O=c1oc2c(CN3CCN(c4cccc(Cl)c4)CC3)c(O)ccc2cc1-c1ccc(Cl)cc1. The van der Waals surface area contributed by atoms with Crippen LogP contribution < -0.4 is 10.5 Å². The minimum atomic E-state index is -0.442. The van der Waals surface area contributed by atoms with Crippen molar-refractivity contribution in [3.8, 4) is 16.9 Å². The summed E-state index contributed by atoms with van der Waals surface area (Å²) in [6, 6.07) is 20.2. The first kappa shape index (κ1) is 21.8. The van der Waals surface area contributed by atoms with E-state index >= 15 is 0 Å². The van der Waals surface area contributed by atoms with Gasteiger partial charge in [0.1, 0.15) is 11.3 Å². The molecule has 0 radical (unpaired) electrons. The summed E-state index contributed by atoms with van der Waals surface area (Å²) >= 11 is 12.1. The largest absolute Gasteiger partial charge is 0.507 e. The second kappa shape index (κ2) is 9.10.